The minimum atomic E-state index is 0. The van der Waals surface area contributed by atoms with Gasteiger partial charge in [0.05, 0.1) is 0 Å². The van der Waals surface area contributed by atoms with Crippen LogP contribution in [0.15, 0.2) is 0 Å². The molecule has 0 aliphatic heterocycles. The molecule has 0 aromatic carbocycles. The molecule has 1 atom stereocenters. The molecule has 0 aromatic rings. The molecule has 52 valence electrons. The van der Waals surface area contributed by atoms with E-state index in [0.717, 1.165) is 17.9 Å². The number of halogens is 1. The Labute approximate surface area is 67.6 Å². The van der Waals surface area contributed by atoms with Crippen molar-refractivity contribution < 1.29 is 0 Å². The van der Waals surface area contributed by atoms with Crippen molar-refractivity contribution in [2.75, 3.05) is 11.5 Å². The van der Waals surface area contributed by atoms with Crippen LogP contribution < -0.4 is 5.73 Å². The van der Waals surface area contributed by atoms with Gasteiger partial charge in [-0.1, -0.05) is 0 Å². The molecule has 1 nitrogen and oxygen atoms in total. The summed E-state index contributed by atoms with van der Waals surface area (Å²) in [6.07, 6.45) is 0.965. The molecular formula is C4H12ClNS2. The number of hydrogen-bond acceptors (Lipinski definition) is 3. The first-order valence-corrected chi connectivity index (χ1v) is 3.55. The standard InChI is InChI=1S/C4H11NS2.ClH/c5-4(3-7)1-2-6;/h4,6-7H,1-3,5H2;1H/t4-;/m0./s1. The molecule has 0 aliphatic rings. The van der Waals surface area contributed by atoms with E-state index >= 15 is 0 Å². The Hall–Kier alpha value is 0.950. The highest BCUT2D eigenvalue weighted by Crippen LogP contribution is 1.91. The third kappa shape index (κ3) is 6.95. The number of hydrogen-bond donors (Lipinski definition) is 3. The molecule has 0 spiro atoms. The van der Waals surface area contributed by atoms with Gasteiger partial charge < -0.3 is 5.73 Å². The maximum Gasteiger partial charge on any atom is 0.0135 e. The minimum Gasteiger partial charge on any atom is -0.327 e. The molecular weight excluding hydrogens is 162 g/mol. The van der Waals surface area contributed by atoms with E-state index in [4.69, 9.17) is 5.73 Å². The highest BCUT2D eigenvalue weighted by atomic mass is 35.5. The van der Waals surface area contributed by atoms with Crippen LogP contribution in [0.2, 0.25) is 0 Å². The van der Waals surface area contributed by atoms with Crippen molar-refractivity contribution in [3.63, 3.8) is 0 Å². The van der Waals surface area contributed by atoms with Crippen molar-refractivity contribution in [1.29, 1.82) is 0 Å². The topological polar surface area (TPSA) is 26.0 Å². The van der Waals surface area contributed by atoms with Crippen LogP contribution in [0, 0.1) is 0 Å². The van der Waals surface area contributed by atoms with E-state index in [2.05, 4.69) is 25.3 Å². The van der Waals surface area contributed by atoms with Crippen LogP contribution in [0.4, 0.5) is 0 Å². The van der Waals surface area contributed by atoms with Crippen molar-refractivity contribution in [3.05, 3.63) is 0 Å². The summed E-state index contributed by atoms with van der Waals surface area (Å²) in [4.78, 5) is 0. The maximum atomic E-state index is 5.46. The summed E-state index contributed by atoms with van der Waals surface area (Å²) in [5, 5.41) is 0. The van der Waals surface area contributed by atoms with E-state index in [-0.39, 0.29) is 18.4 Å². The Morgan fingerprint density at radius 2 is 1.88 bits per heavy atom. The second-order valence-electron chi connectivity index (χ2n) is 1.45. The molecule has 0 rings (SSSR count). The van der Waals surface area contributed by atoms with Gasteiger partial charge in [0, 0.05) is 11.8 Å². The van der Waals surface area contributed by atoms with Gasteiger partial charge in [0.25, 0.3) is 0 Å². The predicted octanol–water partition coefficient (Wildman–Crippen LogP) is 0.985. The van der Waals surface area contributed by atoms with Gasteiger partial charge in [0.1, 0.15) is 0 Å². The lowest BCUT2D eigenvalue weighted by atomic mass is 10.3. The van der Waals surface area contributed by atoms with E-state index in [1.165, 1.54) is 0 Å². The van der Waals surface area contributed by atoms with Gasteiger partial charge in [-0.25, -0.2) is 0 Å². The van der Waals surface area contributed by atoms with Crippen LogP contribution in [0.25, 0.3) is 0 Å². The fraction of sp³-hybridized carbons (Fsp3) is 1.00. The van der Waals surface area contributed by atoms with Crippen molar-refractivity contribution in [1.82, 2.24) is 0 Å². The molecule has 0 saturated carbocycles. The SMILES string of the molecule is Cl.N[C@H](CS)CCS. The summed E-state index contributed by atoms with van der Waals surface area (Å²) in [5.74, 6) is 1.63. The quantitative estimate of drug-likeness (QED) is 0.546. The smallest absolute Gasteiger partial charge is 0.0135 e. The number of thiol groups is 2. The number of rotatable bonds is 3. The molecule has 0 bridgehead atoms. The first kappa shape index (κ1) is 11.7. The monoisotopic (exact) mass is 173 g/mol. The molecule has 0 saturated heterocycles. The van der Waals surface area contributed by atoms with Crippen LogP contribution in [0.1, 0.15) is 6.42 Å². The lowest BCUT2D eigenvalue weighted by Crippen LogP contribution is -2.21. The molecule has 0 aromatic heterocycles. The zero-order valence-corrected chi connectivity index (χ0v) is 7.18. The molecule has 0 heterocycles. The summed E-state index contributed by atoms with van der Waals surface area (Å²) in [7, 11) is 0. The molecule has 4 heteroatoms. The van der Waals surface area contributed by atoms with E-state index in [1.807, 2.05) is 0 Å². The third-order valence-electron chi connectivity index (χ3n) is 0.734. The molecule has 0 amide bonds. The summed E-state index contributed by atoms with van der Waals surface area (Å²) in [6.45, 7) is 0. The van der Waals surface area contributed by atoms with Gasteiger partial charge in [-0.15, -0.1) is 12.4 Å². The lowest BCUT2D eigenvalue weighted by molar-refractivity contribution is 0.735. The van der Waals surface area contributed by atoms with Gasteiger partial charge in [0.2, 0.25) is 0 Å². The fourth-order valence-corrected chi connectivity index (χ4v) is 0.771. The first-order valence-electron chi connectivity index (χ1n) is 2.28. The average Bonchev–Trinajstić information content (AvgIpc) is 1.68. The Balaban J connectivity index is 0. The summed E-state index contributed by atoms with van der Waals surface area (Å²) in [5.41, 5.74) is 5.46. The first-order chi connectivity index (χ1) is 3.31. The largest absolute Gasteiger partial charge is 0.327 e. The van der Waals surface area contributed by atoms with Crippen LogP contribution in [-0.4, -0.2) is 17.5 Å². The van der Waals surface area contributed by atoms with Gasteiger partial charge in [-0.2, -0.15) is 25.3 Å². The van der Waals surface area contributed by atoms with E-state index in [9.17, 15) is 0 Å². The van der Waals surface area contributed by atoms with Crippen molar-refractivity contribution in [3.8, 4) is 0 Å². The predicted molar refractivity (Wildman–Crippen MR) is 47.5 cm³/mol. The summed E-state index contributed by atoms with van der Waals surface area (Å²) < 4.78 is 0. The average molecular weight is 174 g/mol. The lowest BCUT2D eigenvalue weighted by Gasteiger charge is -2.02. The van der Waals surface area contributed by atoms with Gasteiger partial charge >= 0.3 is 0 Å². The third-order valence-corrected chi connectivity index (χ3v) is 1.46. The summed E-state index contributed by atoms with van der Waals surface area (Å²) in [6, 6.07) is 0.237. The van der Waals surface area contributed by atoms with Gasteiger partial charge in [-0.3, -0.25) is 0 Å². The Kier molecular flexibility index (Phi) is 11.6. The zero-order valence-electron chi connectivity index (χ0n) is 4.58. The Morgan fingerprint density at radius 3 is 2.00 bits per heavy atom. The van der Waals surface area contributed by atoms with E-state index < -0.39 is 0 Å². The molecule has 8 heavy (non-hydrogen) atoms. The normalized spacial score (nSPS) is 12.4. The summed E-state index contributed by atoms with van der Waals surface area (Å²) >= 11 is 7.99. The number of nitrogens with two attached hydrogens (primary N) is 1. The van der Waals surface area contributed by atoms with Crippen LogP contribution >= 0.6 is 37.7 Å². The fourth-order valence-electron chi connectivity index (χ4n) is 0.257. The van der Waals surface area contributed by atoms with Gasteiger partial charge in [0.15, 0.2) is 0 Å². The minimum absolute atomic E-state index is 0. The van der Waals surface area contributed by atoms with Crippen LogP contribution in [0.5, 0.6) is 0 Å². The Morgan fingerprint density at radius 1 is 1.38 bits per heavy atom. The second-order valence-corrected chi connectivity index (χ2v) is 2.27. The highest BCUT2D eigenvalue weighted by molar-refractivity contribution is 7.80. The molecule has 0 unspecified atom stereocenters. The highest BCUT2D eigenvalue weighted by Gasteiger charge is 1.93. The molecule has 0 fully saturated rings. The van der Waals surface area contributed by atoms with E-state index in [0.29, 0.717) is 0 Å². The van der Waals surface area contributed by atoms with Crippen molar-refractivity contribution in [2.24, 2.45) is 5.73 Å². The van der Waals surface area contributed by atoms with Crippen molar-refractivity contribution >= 4 is 37.7 Å². The maximum absolute atomic E-state index is 5.46. The van der Waals surface area contributed by atoms with Gasteiger partial charge in [-0.05, 0) is 12.2 Å². The van der Waals surface area contributed by atoms with Crippen LogP contribution in [0.3, 0.4) is 0 Å². The second kappa shape index (κ2) is 7.95. The molecule has 2 N–H and O–H groups in total. The zero-order chi connectivity index (χ0) is 5.70. The molecule has 0 radical (unpaired) electrons. The van der Waals surface area contributed by atoms with Crippen molar-refractivity contribution in [2.45, 2.75) is 12.5 Å². The van der Waals surface area contributed by atoms with Crippen LogP contribution in [-0.2, 0) is 0 Å². The molecule has 0 aliphatic carbocycles. The van der Waals surface area contributed by atoms with E-state index in [1.54, 1.807) is 0 Å². The Bertz CT molecular complexity index is 45.0.